The zero-order chi connectivity index (χ0) is 18.4. The second-order valence-electron chi connectivity index (χ2n) is 5.70. The summed E-state index contributed by atoms with van der Waals surface area (Å²) in [5, 5.41) is 2.72. The molecule has 1 atom stereocenters. The summed E-state index contributed by atoms with van der Waals surface area (Å²) in [5.74, 6) is -0.172. The highest BCUT2D eigenvalue weighted by molar-refractivity contribution is 7.89. The van der Waals surface area contributed by atoms with Crippen molar-refractivity contribution in [2.24, 2.45) is 0 Å². The van der Waals surface area contributed by atoms with Gasteiger partial charge in [0.2, 0.25) is 15.9 Å². The fourth-order valence-corrected chi connectivity index (χ4v) is 3.74. The Morgan fingerprint density at radius 3 is 2.48 bits per heavy atom. The van der Waals surface area contributed by atoms with Gasteiger partial charge in [-0.05, 0) is 37.1 Å². The van der Waals surface area contributed by atoms with Crippen LogP contribution in [-0.2, 0) is 21.4 Å². The Labute approximate surface area is 148 Å². The van der Waals surface area contributed by atoms with Crippen LogP contribution in [0.2, 0.25) is 0 Å². The first-order valence-electron chi connectivity index (χ1n) is 7.82. The number of methoxy groups -OCH3 is 1. The third kappa shape index (κ3) is 5.04. The molecule has 2 aromatic rings. The molecule has 0 saturated carbocycles. The molecule has 134 valence electrons. The number of carbonyl (C=O) groups excluding carboxylic acids is 1. The Kier molecular flexibility index (Phi) is 6.17. The van der Waals surface area contributed by atoms with Crippen LogP contribution in [0.3, 0.4) is 0 Å². The van der Waals surface area contributed by atoms with Crippen molar-refractivity contribution in [2.45, 2.75) is 31.3 Å². The van der Waals surface area contributed by atoms with Crippen LogP contribution in [-0.4, -0.2) is 27.5 Å². The van der Waals surface area contributed by atoms with Gasteiger partial charge >= 0.3 is 0 Å². The predicted octanol–water partition coefficient (Wildman–Crippen LogP) is 1.99. The maximum atomic E-state index is 12.6. The van der Waals surface area contributed by atoms with Crippen LogP contribution in [0.25, 0.3) is 0 Å². The number of aryl methyl sites for hydroxylation is 1. The lowest BCUT2D eigenvalue weighted by molar-refractivity contribution is -0.122. The molecule has 0 unspecified atom stereocenters. The smallest absolute Gasteiger partial charge is 0.244 e. The Hall–Kier alpha value is -2.38. The molecule has 6 nitrogen and oxygen atoms in total. The number of nitrogens with one attached hydrogen (secondary N) is 2. The van der Waals surface area contributed by atoms with Crippen LogP contribution in [0.5, 0.6) is 5.75 Å². The Morgan fingerprint density at radius 2 is 1.84 bits per heavy atom. The topological polar surface area (TPSA) is 84.5 Å². The van der Waals surface area contributed by atoms with E-state index in [0.717, 1.165) is 11.1 Å². The van der Waals surface area contributed by atoms with Crippen molar-refractivity contribution >= 4 is 15.9 Å². The van der Waals surface area contributed by atoms with Crippen molar-refractivity contribution in [3.63, 3.8) is 0 Å². The molecule has 0 radical (unpaired) electrons. The average molecular weight is 362 g/mol. The summed E-state index contributed by atoms with van der Waals surface area (Å²) >= 11 is 0. The molecule has 0 aliphatic carbocycles. The molecular formula is C18H22N2O4S. The summed E-state index contributed by atoms with van der Waals surface area (Å²) in [4.78, 5) is 12.2. The normalized spacial score (nSPS) is 12.4. The molecule has 2 aromatic carbocycles. The summed E-state index contributed by atoms with van der Waals surface area (Å²) in [6, 6.07) is 13.3. The first kappa shape index (κ1) is 19.0. The third-order valence-corrected chi connectivity index (χ3v) is 5.21. The Balaban J connectivity index is 2.06. The minimum Gasteiger partial charge on any atom is -0.495 e. The van der Waals surface area contributed by atoms with Gasteiger partial charge in [-0.1, -0.05) is 36.4 Å². The van der Waals surface area contributed by atoms with Crippen molar-refractivity contribution in [3.05, 3.63) is 59.7 Å². The highest BCUT2D eigenvalue weighted by Crippen LogP contribution is 2.24. The SMILES string of the molecule is COc1ccc(C)cc1S(=O)(=O)N[C@H](C)C(=O)NCc1ccccc1. The monoisotopic (exact) mass is 362 g/mol. The molecule has 2 rings (SSSR count). The first-order valence-corrected chi connectivity index (χ1v) is 9.30. The quantitative estimate of drug-likeness (QED) is 0.789. The van der Waals surface area contributed by atoms with Crippen molar-refractivity contribution in [1.29, 1.82) is 0 Å². The van der Waals surface area contributed by atoms with Crippen LogP contribution < -0.4 is 14.8 Å². The number of hydrogen-bond acceptors (Lipinski definition) is 4. The van der Waals surface area contributed by atoms with E-state index in [4.69, 9.17) is 4.74 Å². The lowest BCUT2D eigenvalue weighted by Crippen LogP contribution is -2.44. The molecule has 0 aliphatic heterocycles. The molecule has 1 amide bonds. The largest absolute Gasteiger partial charge is 0.495 e. The van der Waals surface area contributed by atoms with Gasteiger partial charge < -0.3 is 10.1 Å². The number of sulfonamides is 1. The van der Waals surface area contributed by atoms with Gasteiger partial charge in [-0.2, -0.15) is 4.72 Å². The number of carbonyl (C=O) groups is 1. The van der Waals surface area contributed by atoms with Gasteiger partial charge in [-0.25, -0.2) is 8.42 Å². The third-order valence-electron chi connectivity index (χ3n) is 3.64. The maximum Gasteiger partial charge on any atom is 0.244 e. The van der Waals surface area contributed by atoms with Gasteiger partial charge in [-0.15, -0.1) is 0 Å². The molecule has 25 heavy (non-hydrogen) atoms. The molecule has 2 N–H and O–H groups in total. The minimum atomic E-state index is -3.89. The molecule has 7 heteroatoms. The van der Waals surface area contributed by atoms with Gasteiger partial charge in [0.05, 0.1) is 13.2 Å². The average Bonchev–Trinajstić information content (AvgIpc) is 2.60. The van der Waals surface area contributed by atoms with Crippen LogP contribution in [0.15, 0.2) is 53.4 Å². The van der Waals surface area contributed by atoms with E-state index >= 15 is 0 Å². The second-order valence-corrected chi connectivity index (χ2v) is 7.38. The van der Waals surface area contributed by atoms with E-state index in [2.05, 4.69) is 10.0 Å². The zero-order valence-electron chi connectivity index (χ0n) is 14.4. The summed E-state index contributed by atoms with van der Waals surface area (Å²) in [5.41, 5.74) is 1.72. The van der Waals surface area contributed by atoms with Gasteiger partial charge in [-0.3, -0.25) is 4.79 Å². The number of benzene rings is 2. The Morgan fingerprint density at radius 1 is 1.16 bits per heavy atom. The summed E-state index contributed by atoms with van der Waals surface area (Å²) in [6.45, 7) is 3.62. The zero-order valence-corrected chi connectivity index (χ0v) is 15.3. The highest BCUT2D eigenvalue weighted by atomic mass is 32.2. The number of hydrogen-bond donors (Lipinski definition) is 2. The fraction of sp³-hybridized carbons (Fsp3) is 0.278. The van der Waals surface area contributed by atoms with E-state index in [0.29, 0.717) is 6.54 Å². The van der Waals surface area contributed by atoms with Crippen LogP contribution in [0.4, 0.5) is 0 Å². The summed E-state index contributed by atoms with van der Waals surface area (Å²) in [6.07, 6.45) is 0. The van der Waals surface area contributed by atoms with E-state index < -0.39 is 22.0 Å². The van der Waals surface area contributed by atoms with E-state index in [1.54, 1.807) is 19.1 Å². The molecule has 0 aromatic heterocycles. The number of amides is 1. The standard InChI is InChI=1S/C18H22N2O4S/c1-13-9-10-16(24-3)17(11-13)25(22,23)20-14(2)18(21)19-12-15-7-5-4-6-8-15/h4-11,14,20H,12H2,1-3H3,(H,19,21)/t14-/m1/s1. The lowest BCUT2D eigenvalue weighted by atomic mass is 10.2. The number of ether oxygens (including phenoxy) is 1. The molecule has 0 heterocycles. The summed E-state index contributed by atoms with van der Waals surface area (Å²) < 4.78 is 32.7. The summed E-state index contributed by atoms with van der Waals surface area (Å²) in [7, 11) is -2.49. The van der Waals surface area contributed by atoms with Crippen molar-refractivity contribution in [2.75, 3.05) is 7.11 Å². The second kappa shape index (κ2) is 8.13. The molecule has 0 aliphatic rings. The van der Waals surface area contributed by atoms with Gasteiger partial charge in [0.15, 0.2) is 0 Å². The van der Waals surface area contributed by atoms with E-state index in [9.17, 15) is 13.2 Å². The molecular weight excluding hydrogens is 340 g/mol. The van der Waals surface area contributed by atoms with Gasteiger partial charge in [0.25, 0.3) is 0 Å². The first-order chi connectivity index (χ1) is 11.8. The van der Waals surface area contributed by atoms with Crippen molar-refractivity contribution in [3.8, 4) is 5.75 Å². The number of rotatable bonds is 7. The Bertz CT molecular complexity index is 835. The van der Waals surface area contributed by atoms with Crippen molar-refractivity contribution < 1.29 is 17.9 Å². The molecule has 0 spiro atoms. The maximum absolute atomic E-state index is 12.6. The van der Waals surface area contributed by atoms with Crippen LogP contribution >= 0.6 is 0 Å². The minimum absolute atomic E-state index is 0.0118. The molecule has 0 saturated heterocycles. The van der Waals surface area contributed by atoms with Crippen LogP contribution in [0, 0.1) is 6.92 Å². The van der Waals surface area contributed by atoms with Gasteiger partial charge in [0.1, 0.15) is 10.6 Å². The predicted molar refractivity (Wildman–Crippen MR) is 95.8 cm³/mol. The van der Waals surface area contributed by atoms with E-state index in [-0.39, 0.29) is 10.6 Å². The van der Waals surface area contributed by atoms with E-state index in [1.807, 2.05) is 30.3 Å². The fourth-order valence-electron chi connectivity index (χ4n) is 2.28. The van der Waals surface area contributed by atoms with Crippen molar-refractivity contribution in [1.82, 2.24) is 10.0 Å². The van der Waals surface area contributed by atoms with E-state index in [1.165, 1.54) is 20.1 Å². The molecule has 0 fully saturated rings. The van der Waals surface area contributed by atoms with Gasteiger partial charge in [0, 0.05) is 6.54 Å². The lowest BCUT2D eigenvalue weighted by Gasteiger charge is -2.16. The molecule has 0 bridgehead atoms. The highest BCUT2D eigenvalue weighted by Gasteiger charge is 2.25. The van der Waals surface area contributed by atoms with Crippen LogP contribution in [0.1, 0.15) is 18.1 Å².